The number of H-pyrrole nitrogens is 1. The summed E-state index contributed by atoms with van der Waals surface area (Å²) in [6.07, 6.45) is 1.69. The minimum Gasteiger partial charge on any atom is -0.347 e. The Morgan fingerprint density at radius 3 is 2.70 bits per heavy atom. The first kappa shape index (κ1) is 16.9. The Morgan fingerprint density at radius 2 is 1.85 bits per heavy atom. The molecule has 0 amide bonds. The summed E-state index contributed by atoms with van der Waals surface area (Å²) in [4.78, 5) is 4.60. The summed E-state index contributed by atoms with van der Waals surface area (Å²) in [7, 11) is 0. The van der Waals surface area contributed by atoms with Crippen molar-refractivity contribution in [3.63, 3.8) is 0 Å². The number of hydrogen-bond donors (Lipinski definition) is 2. The second-order valence-corrected chi connectivity index (χ2v) is 6.48. The molecule has 0 bridgehead atoms. The van der Waals surface area contributed by atoms with Crippen molar-refractivity contribution < 1.29 is 0 Å². The molecule has 2 heterocycles. The quantitative estimate of drug-likeness (QED) is 0.561. The lowest BCUT2D eigenvalue weighted by Crippen LogP contribution is -2.06. The fourth-order valence-electron chi connectivity index (χ4n) is 2.91. The molecular formula is C21H20N6. The molecule has 6 heteroatoms. The van der Waals surface area contributed by atoms with Gasteiger partial charge in [0, 0.05) is 5.56 Å². The van der Waals surface area contributed by atoms with Crippen LogP contribution >= 0.6 is 0 Å². The van der Waals surface area contributed by atoms with Gasteiger partial charge in [-0.05, 0) is 37.1 Å². The van der Waals surface area contributed by atoms with Crippen LogP contribution in [-0.4, -0.2) is 25.4 Å². The Balaban J connectivity index is 1.50. The highest BCUT2D eigenvalue weighted by atomic mass is 15.2. The minimum atomic E-state index is 0.484. The van der Waals surface area contributed by atoms with E-state index in [1.807, 2.05) is 36.4 Å². The van der Waals surface area contributed by atoms with E-state index in [1.165, 1.54) is 5.56 Å². The molecule has 0 radical (unpaired) electrons. The van der Waals surface area contributed by atoms with Crippen molar-refractivity contribution >= 4 is 5.95 Å². The van der Waals surface area contributed by atoms with Crippen LogP contribution in [-0.2, 0) is 6.54 Å². The van der Waals surface area contributed by atoms with E-state index >= 15 is 0 Å². The van der Waals surface area contributed by atoms with Crippen LogP contribution in [0, 0.1) is 13.8 Å². The molecule has 4 aromatic rings. The van der Waals surface area contributed by atoms with Gasteiger partial charge in [-0.25, -0.2) is 4.98 Å². The van der Waals surface area contributed by atoms with Crippen LogP contribution in [0.15, 0.2) is 60.8 Å². The second-order valence-electron chi connectivity index (χ2n) is 6.48. The predicted molar refractivity (Wildman–Crippen MR) is 106 cm³/mol. The minimum absolute atomic E-state index is 0.484. The summed E-state index contributed by atoms with van der Waals surface area (Å²) in [5.74, 6) is 0.484. The van der Waals surface area contributed by atoms with Crippen molar-refractivity contribution in [3.05, 3.63) is 77.6 Å². The molecule has 0 spiro atoms. The Kier molecular flexibility index (Phi) is 4.61. The van der Waals surface area contributed by atoms with Crippen LogP contribution in [0.4, 0.5) is 5.95 Å². The normalized spacial score (nSPS) is 10.7. The van der Waals surface area contributed by atoms with Crippen LogP contribution in [0.3, 0.4) is 0 Å². The van der Waals surface area contributed by atoms with E-state index in [0.29, 0.717) is 12.5 Å². The number of hydrogen-bond acceptors (Lipinski definition) is 5. The highest BCUT2D eigenvalue weighted by molar-refractivity contribution is 5.64. The molecule has 0 unspecified atom stereocenters. The highest BCUT2D eigenvalue weighted by Crippen LogP contribution is 2.23. The third-order valence-corrected chi connectivity index (χ3v) is 4.37. The monoisotopic (exact) mass is 356 g/mol. The van der Waals surface area contributed by atoms with Crippen molar-refractivity contribution in [1.29, 1.82) is 0 Å². The van der Waals surface area contributed by atoms with Gasteiger partial charge < -0.3 is 5.32 Å². The summed E-state index contributed by atoms with van der Waals surface area (Å²) in [5, 5.41) is 18.8. The molecule has 0 saturated carbocycles. The second kappa shape index (κ2) is 7.37. The van der Waals surface area contributed by atoms with Crippen molar-refractivity contribution in [3.8, 4) is 22.5 Å². The molecule has 2 N–H and O–H groups in total. The molecular weight excluding hydrogens is 336 g/mol. The number of rotatable bonds is 5. The van der Waals surface area contributed by atoms with E-state index in [-0.39, 0.29) is 0 Å². The molecule has 0 aliphatic carbocycles. The standard InChI is InChI=1S/C21H20N6/c1-14-8-9-15(2)18(10-14)20-13-23-27-21(24-20)22-12-17-11-19(26-25-17)16-6-4-3-5-7-16/h3-11,13H,12H2,1-2H3,(H,25,26)(H,22,24,27). The SMILES string of the molecule is Cc1ccc(C)c(-c2cnnc(NCc3cc(-c4ccccc4)[nH]n3)n2)c1. The fraction of sp³-hybridized carbons (Fsp3) is 0.143. The number of nitrogens with one attached hydrogen (secondary N) is 2. The summed E-state index contributed by atoms with van der Waals surface area (Å²) in [6.45, 7) is 4.65. The molecule has 2 aromatic carbocycles. The van der Waals surface area contributed by atoms with Gasteiger partial charge in [0.15, 0.2) is 0 Å². The number of aromatic nitrogens is 5. The van der Waals surface area contributed by atoms with Crippen molar-refractivity contribution in [2.75, 3.05) is 5.32 Å². The molecule has 0 fully saturated rings. The van der Waals surface area contributed by atoms with E-state index in [0.717, 1.165) is 33.8 Å². The molecule has 2 aromatic heterocycles. The first-order valence-corrected chi connectivity index (χ1v) is 8.80. The Bertz CT molecular complexity index is 1060. The van der Waals surface area contributed by atoms with Crippen LogP contribution < -0.4 is 5.32 Å². The van der Waals surface area contributed by atoms with Gasteiger partial charge in [-0.2, -0.15) is 10.2 Å². The third-order valence-electron chi connectivity index (χ3n) is 4.37. The average molecular weight is 356 g/mol. The molecule has 0 saturated heterocycles. The third kappa shape index (κ3) is 3.84. The molecule has 0 aliphatic rings. The average Bonchev–Trinajstić information content (AvgIpc) is 3.18. The first-order valence-electron chi connectivity index (χ1n) is 8.80. The molecule has 0 aliphatic heterocycles. The highest BCUT2D eigenvalue weighted by Gasteiger charge is 2.08. The zero-order valence-electron chi connectivity index (χ0n) is 15.3. The van der Waals surface area contributed by atoms with Crippen molar-refractivity contribution in [1.82, 2.24) is 25.4 Å². The molecule has 0 atom stereocenters. The van der Waals surface area contributed by atoms with E-state index < -0.39 is 0 Å². The lowest BCUT2D eigenvalue weighted by Gasteiger charge is -2.08. The van der Waals surface area contributed by atoms with Gasteiger partial charge in [-0.15, -0.1) is 5.10 Å². The summed E-state index contributed by atoms with van der Waals surface area (Å²) in [6, 6.07) is 18.4. The maximum absolute atomic E-state index is 4.60. The maximum Gasteiger partial charge on any atom is 0.243 e. The first-order chi connectivity index (χ1) is 13.2. The number of benzene rings is 2. The summed E-state index contributed by atoms with van der Waals surface area (Å²) >= 11 is 0. The van der Waals surface area contributed by atoms with Gasteiger partial charge in [0.05, 0.1) is 29.8 Å². The largest absolute Gasteiger partial charge is 0.347 e. The lowest BCUT2D eigenvalue weighted by molar-refractivity contribution is 0.923. The molecule has 6 nitrogen and oxygen atoms in total. The van der Waals surface area contributed by atoms with Crippen LogP contribution in [0.2, 0.25) is 0 Å². The van der Waals surface area contributed by atoms with Gasteiger partial charge in [0.25, 0.3) is 0 Å². The van der Waals surface area contributed by atoms with Crippen LogP contribution in [0.1, 0.15) is 16.8 Å². The number of aryl methyl sites for hydroxylation is 2. The van der Waals surface area contributed by atoms with Crippen LogP contribution in [0.25, 0.3) is 22.5 Å². The van der Waals surface area contributed by atoms with Gasteiger partial charge in [-0.1, -0.05) is 48.0 Å². The van der Waals surface area contributed by atoms with E-state index in [2.05, 4.69) is 62.7 Å². The Hall–Kier alpha value is -3.54. The van der Waals surface area contributed by atoms with E-state index in [1.54, 1.807) is 6.20 Å². The fourth-order valence-corrected chi connectivity index (χ4v) is 2.91. The molecule has 27 heavy (non-hydrogen) atoms. The summed E-state index contributed by atoms with van der Waals surface area (Å²) < 4.78 is 0. The number of aromatic amines is 1. The molecule has 4 rings (SSSR count). The zero-order chi connectivity index (χ0) is 18.6. The van der Waals surface area contributed by atoms with E-state index in [9.17, 15) is 0 Å². The Morgan fingerprint density at radius 1 is 1.00 bits per heavy atom. The van der Waals surface area contributed by atoms with Gasteiger partial charge >= 0.3 is 0 Å². The zero-order valence-corrected chi connectivity index (χ0v) is 15.3. The van der Waals surface area contributed by atoms with Gasteiger partial charge in [0.1, 0.15) is 0 Å². The van der Waals surface area contributed by atoms with Crippen molar-refractivity contribution in [2.45, 2.75) is 20.4 Å². The van der Waals surface area contributed by atoms with Crippen molar-refractivity contribution in [2.24, 2.45) is 0 Å². The Labute approximate surface area is 157 Å². The number of nitrogens with zero attached hydrogens (tertiary/aromatic N) is 4. The summed E-state index contributed by atoms with van der Waals surface area (Å²) in [5.41, 5.74) is 7.19. The number of anilines is 1. The smallest absolute Gasteiger partial charge is 0.243 e. The topological polar surface area (TPSA) is 79.4 Å². The van der Waals surface area contributed by atoms with Crippen LogP contribution in [0.5, 0.6) is 0 Å². The van der Waals surface area contributed by atoms with Gasteiger partial charge in [-0.3, -0.25) is 5.10 Å². The predicted octanol–water partition coefficient (Wildman–Crippen LogP) is 4.16. The maximum atomic E-state index is 4.60. The lowest BCUT2D eigenvalue weighted by atomic mass is 10.0. The molecule has 134 valence electrons. The van der Waals surface area contributed by atoms with Gasteiger partial charge in [0.2, 0.25) is 5.95 Å². The van der Waals surface area contributed by atoms with E-state index in [4.69, 9.17) is 0 Å².